The van der Waals surface area contributed by atoms with Gasteiger partial charge in [0.05, 0.1) is 50.2 Å². The van der Waals surface area contributed by atoms with Gasteiger partial charge in [0.25, 0.3) is 0 Å². The lowest BCUT2D eigenvalue weighted by Crippen LogP contribution is -2.14. The zero-order valence-corrected chi connectivity index (χ0v) is 35.4. The fourth-order valence-electron chi connectivity index (χ4n) is 9.60. The Labute approximate surface area is 387 Å². The van der Waals surface area contributed by atoms with Crippen molar-refractivity contribution < 1.29 is 0 Å². The fourth-order valence-corrected chi connectivity index (χ4v) is 9.60. The van der Waals surface area contributed by atoms with Crippen molar-refractivity contribution in [2.75, 3.05) is 0 Å². The molecule has 13 aromatic rings. The van der Waals surface area contributed by atoms with Crippen LogP contribution in [0.15, 0.2) is 148 Å². The summed E-state index contributed by atoms with van der Waals surface area (Å²) >= 11 is 0. The van der Waals surface area contributed by atoms with Crippen LogP contribution in [0.25, 0.3) is 116 Å². The molecule has 0 bridgehead atoms. The van der Waals surface area contributed by atoms with Gasteiger partial charge in [-0.15, -0.1) is 0 Å². The fraction of sp³-hybridized carbons (Fsp3) is 0. The number of aromatic nitrogens is 15. The molecule has 0 radical (unpaired) electrons. The molecule has 0 aliphatic heterocycles. The number of nitriles is 3. The summed E-state index contributed by atoms with van der Waals surface area (Å²) in [6, 6.07) is 17.9. The zero-order valence-electron chi connectivity index (χ0n) is 35.4. The summed E-state index contributed by atoms with van der Waals surface area (Å²) in [6.45, 7) is 0. The Bertz CT molecular complexity index is 3770. The Kier molecular flexibility index (Phi) is 8.50. The van der Waals surface area contributed by atoms with Gasteiger partial charge in [-0.05, 0) is 36.4 Å². The van der Waals surface area contributed by atoms with E-state index in [0.717, 1.165) is 65.4 Å². The molecule has 69 heavy (non-hydrogen) atoms. The second kappa shape index (κ2) is 15.2. The third-order valence-electron chi connectivity index (χ3n) is 12.3. The van der Waals surface area contributed by atoms with E-state index in [1.54, 1.807) is 74.4 Å². The molecule has 0 amide bonds. The van der Waals surface area contributed by atoms with E-state index in [4.69, 9.17) is 0 Å². The van der Waals surface area contributed by atoms with Gasteiger partial charge in [-0.3, -0.25) is 29.9 Å². The molecular formula is C51H24N18. The standard InChI is InChI=1S/C51H24N18/c52-13-43-61-16-28(17-62-43)46-49(67-37-1-7-55-22-31(37)32-23-56-8-2-38(32)67)47(29-18-63-44(14-53)64-19-29)51(69-41-5-11-59-26-35(41)36-27-60-12-6-42(36)69)48(30-20-65-45(15-54)66-21-30)50(46)68-39-3-9-57-24-33(39)34-25-58-10-4-40(34)68/h1-12,16-27H. The molecule has 1 aromatic carbocycles. The van der Waals surface area contributed by atoms with Crippen molar-refractivity contribution in [3.8, 4) is 68.7 Å². The summed E-state index contributed by atoms with van der Waals surface area (Å²) in [6.07, 6.45) is 31.1. The summed E-state index contributed by atoms with van der Waals surface area (Å²) in [5, 5.41) is 35.1. The maximum atomic E-state index is 10.1. The number of rotatable bonds is 6. The minimum absolute atomic E-state index is 0.0320. The highest BCUT2D eigenvalue weighted by Crippen LogP contribution is 2.54. The molecule has 18 nitrogen and oxygen atoms in total. The Morgan fingerprint density at radius 2 is 0.493 bits per heavy atom. The molecule has 0 fully saturated rings. The SMILES string of the molecule is N#Cc1ncc(-c2c(-n3c4ccncc4c4cnccc43)c(-c3cnc(C#N)nc3)c(-n3c4ccncc4c4cnccc43)c(-c3cnc(C#N)nc3)c2-n2c3ccncc3c3cnccc32)cn1. The van der Waals surface area contributed by atoms with Crippen molar-refractivity contribution in [3.05, 3.63) is 165 Å². The quantitative estimate of drug-likeness (QED) is 0.152. The smallest absolute Gasteiger partial charge is 0.232 e. The van der Waals surface area contributed by atoms with Crippen LogP contribution in [0.2, 0.25) is 0 Å². The molecule has 0 spiro atoms. The largest absolute Gasteiger partial charge is 0.308 e. The molecule has 12 heterocycles. The lowest BCUT2D eigenvalue weighted by atomic mass is 9.87. The van der Waals surface area contributed by atoms with Crippen molar-refractivity contribution in [1.82, 2.24) is 73.5 Å². The maximum absolute atomic E-state index is 10.1. The van der Waals surface area contributed by atoms with E-state index in [0.29, 0.717) is 50.4 Å². The monoisotopic (exact) mass is 888 g/mol. The number of hydrogen-bond acceptors (Lipinski definition) is 15. The van der Waals surface area contributed by atoms with Crippen LogP contribution in [0.5, 0.6) is 0 Å². The number of nitrogens with zero attached hydrogens (tertiary/aromatic N) is 18. The van der Waals surface area contributed by atoms with Gasteiger partial charge in [0.2, 0.25) is 17.5 Å². The maximum Gasteiger partial charge on any atom is 0.232 e. The molecule has 12 aromatic heterocycles. The predicted octanol–water partition coefficient (Wildman–Crippen LogP) is 8.33. The van der Waals surface area contributed by atoms with Crippen molar-refractivity contribution in [2.45, 2.75) is 0 Å². The Morgan fingerprint density at radius 1 is 0.290 bits per heavy atom. The highest BCUT2D eigenvalue weighted by Gasteiger charge is 2.35. The first-order valence-electron chi connectivity index (χ1n) is 21.1. The van der Waals surface area contributed by atoms with Crippen molar-refractivity contribution >= 4 is 65.4 Å². The first-order chi connectivity index (χ1) is 34.1. The van der Waals surface area contributed by atoms with Gasteiger partial charge in [-0.2, -0.15) is 15.8 Å². The topological polar surface area (TPSA) is 241 Å². The lowest BCUT2D eigenvalue weighted by Gasteiger charge is -2.30. The van der Waals surface area contributed by atoms with Crippen molar-refractivity contribution in [2.24, 2.45) is 0 Å². The molecule has 13 rings (SSSR count). The van der Waals surface area contributed by atoms with E-state index in [2.05, 4.69) is 91.7 Å². The average molecular weight is 889 g/mol. The molecule has 0 unspecified atom stereocenters. The molecule has 318 valence electrons. The van der Waals surface area contributed by atoms with E-state index in [-0.39, 0.29) is 17.5 Å². The molecule has 0 N–H and O–H groups in total. The van der Waals surface area contributed by atoms with Crippen LogP contribution in [-0.2, 0) is 0 Å². The molecule has 0 saturated carbocycles. The van der Waals surface area contributed by atoms with E-state index in [1.807, 2.05) is 73.6 Å². The predicted molar refractivity (Wildman–Crippen MR) is 253 cm³/mol. The van der Waals surface area contributed by atoms with Crippen molar-refractivity contribution in [3.63, 3.8) is 0 Å². The number of benzene rings is 1. The van der Waals surface area contributed by atoms with Gasteiger partial charge in [0, 0.05) is 177 Å². The van der Waals surface area contributed by atoms with E-state index >= 15 is 0 Å². The number of hydrogen-bond donors (Lipinski definition) is 0. The van der Waals surface area contributed by atoms with Crippen LogP contribution >= 0.6 is 0 Å². The van der Waals surface area contributed by atoms with Crippen molar-refractivity contribution in [1.29, 1.82) is 15.8 Å². The van der Waals surface area contributed by atoms with Gasteiger partial charge in [-0.25, -0.2) is 29.9 Å². The minimum Gasteiger partial charge on any atom is -0.308 e. The molecule has 0 aliphatic carbocycles. The van der Waals surface area contributed by atoms with E-state index in [9.17, 15) is 15.8 Å². The third-order valence-corrected chi connectivity index (χ3v) is 12.3. The highest BCUT2D eigenvalue weighted by molar-refractivity contribution is 6.17. The normalized spacial score (nSPS) is 11.4. The van der Waals surface area contributed by atoms with Gasteiger partial charge >= 0.3 is 0 Å². The van der Waals surface area contributed by atoms with E-state index in [1.165, 1.54) is 0 Å². The zero-order chi connectivity index (χ0) is 46.2. The van der Waals surface area contributed by atoms with E-state index < -0.39 is 0 Å². The molecule has 0 atom stereocenters. The Hall–Kier alpha value is -10.8. The average Bonchev–Trinajstić information content (AvgIpc) is 4.06. The van der Waals surface area contributed by atoms with Gasteiger partial charge in [0.15, 0.2) is 0 Å². The number of pyridine rings is 6. The summed E-state index contributed by atoms with van der Waals surface area (Å²) in [5.41, 5.74) is 9.79. The van der Waals surface area contributed by atoms with Crippen LogP contribution in [-0.4, -0.2) is 73.5 Å². The van der Waals surface area contributed by atoms with Crippen LogP contribution in [0, 0.1) is 34.0 Å². The molecular weight excluding hydrogens is 865 g/mol. The third kappa shape index (κ3) is 5.69. The lowest BCUT2D eigenvalue weighted by molar-refractivity contribution is 1.07. The summed E-state index contributed by atoms with van der Waals surface area (Å²) in [4.78, 5) is 55.1. The highest BCUT2D eigenvalue weighted by atomic mass is 15.1. The van der Waals surface area contributed by atoms with Crippen LogP contribution in [0.1, 0.15) is 17.5 Å². The van der Waals surface area contributed by atoms with Gasteiger partial charge < -0.3 is 13.7 Å². The molecule has 18 heteroatoms. The Morgan fingerprint density at radius 3 is 0.681 bits per heavy atom. The first kappa shape index (κ1) is 38.7. The summed E-state index contributed by atoms with van der Waals surface area (Å²) in [5.74, 6) is -0.0960. The second-order valence-electron chi connectivity index (χ2n) is 15.8. The Balaban J connectivity index is 1.42. The van der Waals surface area contributed by atoms with Gasteiger partial charge in [-0.1, -0.05) is 0 Å². The molecule has 0 saturated heterocycles. The first-order valence-corrected chi connectivity index (χ1v) is 21.1. The molecule has 0 aliphatic rings. The van der Waals surface area contributed by atoms with Crippen LogP contribution < -0.4 is 0 Å². The van der Waals surface area contributed by atoms with Crippen LogP contribution in [0.4, 0.5) is 0 Å². The minimum atomic E-state index is -0.0320. The summed E-state index contributed by atoms with van der Waals surface area (Å²) in [7, 11) is 0. The van der Waals surface area contributed by atoms with Crippen LogP contribution in [0.3, 0.4) is 0 Å². The number of fused-ring (bicyclic) bond motifs is 9. The summed E-state index contributed by atoms with van der Waals surface area (Å²) < 4.78 is 6.49. The van der Waals surface area contributed by atoms with Gasteiger partial charge in [0.1, 0.15) is 18.2 Å². The second-order valence-corrected chi connectivity index (χ2v) is 15.8.